The third-order valence-electron chi connectivity index (χ3n) is 4.96. The van der Waals surface area contributed by atoms with E-state index in [9.17, 15) is 9.00 Å². The minimum atomic E-state index is -1.35. The van der Waals surface area contributed by atoms with Crippen molar-refractivity contribution < 1.29 is 22.9 Å². The van der Waals surface area contributed by atoms with Gasteiger partial charge in [-0.05, 0) is 32.2 Å². The van der Waals surface area contributed by atoms with Crippen molar-refractivity contribution in [3.8, 4) is 23.0 Å². The van der Waals surface area contributed by atoms with Gasteiger partial charge in [0.2, 0.25) is 11.8 Å². The van der Waals surface area contributed by atoms with Gasteiger partial charge < -0.3 is 23.7 Å². The number of carbonyl (C=O) groups excluding carboxylic acids is 1. The van der Waals surface area contributed by atoms with Crippen molar-refractivity contribution >= 4 is 16.7 Å². The van der Waals surface area contributed by atoms with Crippen molar-refractivity contribution in [1.82, 2.24) is 14.8 Å². The fourth-order valence-corrected chi connectivity index (χ4v) is 4.28. The van der Waals surface area contributed by atoms with Crippen molar-refractivity contribution in [2.45, 2.75) is 12.7 Å². The smallest absolute Gasteiger partial charge is 0.235 e. The van der Waals surface area contributed by atoms with Crippen LogP contribution in [0.25, 0.3) is 11.5 Å². The van der Waals surface area contributed by atoms with Crippen molar-refractivity contribution in [3.63, 3.8) is 0 Å². The standard InChI is InChI=1S/C20H27N3O5S/c1-14-16(12-29(25)13-19(24)23-9-7-22(2)8-10-23)21-20(28-14)15-5-6-17(26-3)18(11-15)27-4/h5-6,11H,7-10,12-13H2,1-4H3/t29-/m1/s1. The quantitative estimate of drug-likeness (QED) is 0.673. The molecule has 1 fully saturated rings. The number of aryl methyl sites for hydroxylation is 1. The summed E-state index contributed by atoms with van der Waals surface area (Å²) in [6.07, 6.45) is 0. The second kappa shape index (κ2) is 9.41. The maximum atomic E-state index is 12.5. The zero-order valence-electron chi connectivity index (χ0n) is 17.3. The van der Waals surface area contributed by atoms with Gasteiger partial charge in [-0.15, -0.1) is 0 Å². The minimum absolute atomic E-state index is 0.00169. The van der Waals surface area contributed by atoms with E-state index in [2.05, 4.69) is 9.88 Å². The lowest BCUT2D eigenvalue weighted by atomic mass is 10.2. The average molecular weight is 422 g/mol. The van der Waals surface area contributed by atoms with Crippen LogP contribution in [0.1, 0.15) is 11.5 Å². The summed E-state index contributed by atoms with van der Waals surface area (Å²) in [6.45, 7) is 4.83. The first-order valence-electron chi connectivity index (χ1n) is 9.41. The SMILES string of the molecule is COc1ccc(-c2nc(C[S@@](=O)CC(=O)N3CCN(C)CC3)c(C)o2)cc1OC. The van der Waals surface area contributed by atoms with E-state index in [1.807, 2.05) is 13.1 Å². The maximum Gasteiger partial charge on any atom is 0.235 e. The number of rotatable bonds is 7. The molecule has 2 heterocycles. The highest BCUT2D eigenvalue weighted by Crippen LogP contribution is 2.32. The second-order valence-corrected chi connectivity index (χ2v) is 8.46. The van der Waals surface area contributed by atoms with Gasteiger partial charge in [0, 0.05) is 42.5 Å². The summed E-state index contributed by atoms with van der Waals surface area (Å²) in [7, 11) is 3.82. The number of hydrogen-bond acceptors (Lipinski definition) is 7. The molecule has 0 aliphatic carbocycles. The lowest BCUT2D eigenvalue weighted by Crippen LogP contribution is -2.48. The zero-order valence-corrected chi connectivity index (χ0v) is 18.1. The highest BCUT2D eigenvalue weighted by atomic mass is 32.2. The fourth-order valence-electron chi connectivity index (χ4n) is 3.14. The van der Waals surface area contributed by atoms with E-state index in [-0.39, 0.29) is 17.4 Å². The second-order valence-electron chi connectivity index (χ2n) is 7.00. The number of carbonyl (C=O) groups is 1. The number of nitrogens with zero attached hydrogens (tertiary/aromatic N) is 3. The normalized spacial score (nSPS) is 15.9. The van der Waals surface area contributed by atoms with Crippen LogP contribution < -0.4 is 9.47 Å². The van der Waals surface area contributed by atoms with Crippen LogP contribution in [0.2, 0.25) is 0 Å². The zero-order chi connectivity index (χ0) is 21.0. The van der Waals surface area contributed by atoms with Crippen molar-refractivity contribution in [2.24, 2.45) is 0 Å². The van der Waals surface area contributed by atoms with E-state index < -0.39 is 10.8 Å². The summed E-state index contributed by atoms with van der Waals surface area (Å²) < 4.78 is 28.9. The van der Waals surface area contributed by atoms with Crippen LogP contribution >= 0.6 is 0 Å². The molecule has 0 radical (unpaired) electrons. The van der Waals surface area contributed by atoms with Gasteiger partial charge in [0.15, 0.2) is 11.5 Å². The molecule has 29 heavy (non-hydrogen) atoms. The Morgan fingerprint density at radius 2 is 1.86 bits per heavy atom. The molecular weight excluding hydrogens is 394 g/mol. The molecule has 1 aromatic carbocycles. The first-order chi connectivity index (χ1) is 13.9. The Morgan fingerprint density at radius 1 is 1.17 bits per heavy atom. The molecule has 1 atom stereocenters. The van der Waals surface area contributed by atoms with Crippen molar-refractivity contribution in [1.29, 1.82) is 0 Å². The molecule has 0 bridgehead atoms. The average Bonchev–Trinajstić information content (AvgIpc) is 3.07. The predicted molar refractivity (Wildman–Crippen MR) is 111 cm³/mol. The Bertz CT molecular complexity index is 890. The highest BCUT2D eigenvalue weighted by molar-refractivity contribution is 7.84. The predicted octanol–water partition coefficient (Wildman–Crippen LogP) is 1.69. The Balaban J connectivity index is 1.66. The Kier molecular flexibility index (Phi) is 6.92. The van der Waals surface area contributed by atoms with E-state index in [4.69, 9.17) is 13.9 Å². The number of methoxy groups -OCH3 is 2. The van der Waals surface area contributed by atoms with Gasteiger partial charge >= 0.3 is 0 Å². The van der Waals surface area contributed by atoms with Crippen LogP contribution in [0, 0.1) is 6.92 Å². The molecule has 0 spiro atoms. The molecule has 1 aliphatic rings. The molecule has 8 nitrogen and oxygen atoms in total. The van der Waals surface area contributed by atoms with Gasteiger partial charge in [-0.3, -0.25) is 9.00 Å². The van der Waals surface area contributed by atoms with Gasteiger partial charge in [-0.1, -0.05) is 0 Å². The third kappa shape index (κ3) is 5.16. The molecular formula is C20H27N3O5S. The van der Waals surface area contributed by atoms with Crippen LogP contribution in [0.3, 0.4) is 0 Å². The lowest BCUT2D eigenvalue weighted by molar-refractivity contribution is -0.129. The lowest BCUT2D eigenvalue weighted by Gasteiger charge is -2.32. The van der Waals surface area contributed by atoms with Crippen LogP contribution in [0.4, 0.5) is 0 Å². The number of amides is 1. The first-order valence-corrected chi connectivity index (χ1v) is 10.9. The molecule has 1 saturated heterocycles. The van der Waals surface area contributed by atoms with Gasteiger partial charge in [-0.25, -0.2) is 4.98 Å². The summed E-state index contributed by atoms with van der Waals surface area (Å²) >= 11 is 0. The van der Waals surface area contributed by atoms with Gasteiger partial charge in [0.25, 0.3) is 0 Å². The maximum absolute atomic E-state index is 12.5. The topological polar surface area (TPSA) is 85.1 Å². The Hall–Kier alpha value is -2.39. The van der Waals surface area contributed by atoms with E-state index >= 15 is 0 Å². The Labute approximate surface area is 173 Å². The minimum Gasteiger partial charge on any atom is -0.493 e. The molecule has 9 heteroatoms. The number of benzene rings is 1. The molecule has 2 aromatic rings. The molecule has 0 unspecified atom stereocenters. The number of ether oxygens (including phenoxy) is 2. The number of likely N-dealkylation sites (N-methyl/N-ethyl adjacent to an activating group) is 1. The van der Waals surface area contributed by atoms with Gasteiger partial charge in [0.05, 0.1) is 25.7 Å². The number of piperazine rings is 1. The molecule has 0 saturated carbocycles. The van der Waals surface area contributed by atoms with Crippen LogP contribution in [0.5, 0.6) is 11.5 Å². The third-order valence-corrected chi connectivity index (χ3v) is 6.13. The van der Waals surface area contributed by atoms with Gasteiger partial charge in [-0.2, -0.15) is 0 Å². The molecule has 1 amide bonds. The Morgan fingerprint density at radius 3 is 2.52 bits per heavy atom. The molecule has 158 valence electrons. The summed E-state index contributed by atoms with van der Waals surface area (Å²) in [6, 6.07) is 5.38. The van der Waals surface area contributed by atoms with Crippen LogP contribution in [0.15, 0.2) is 22.6 Å². The summed E-state index contributed by atoms with van der Waals surface area (Å²) in [5, 5.41) is 0. The molecule has 1 aliphatic heterocycles. The van der Waals surface area contributed by atoms with E-state index in [0.29, 0.717) is 41.9 Å². The fraction of sp³-hybridized carbons (Fsp3) is 0.500. The van der Waals surface area contributed by atoms with E-state index in [0.717, 1.165) is 18.7 Å². The molecule has 3 rings (SSSR count). The van der Waals surface area contributed by atoms with E-state index in [1.54, 1.807) is 38.2 Å². The molecule has 0 N–H and O–H groups in total. The summed E-state index contributed by atoms with van der Waals surface area (Å²) in [4.78, 5) is 20.8. The summed E-state index contributed by atoms with van der Waals surface area (Å²) in [5.74, 6) is 2.31. The molecule has 1 aromatic heterocycles. The first kappa shape index (κ1) is 21.3. The highest BCUT2D eigenvalue weighted by Gasteiger charge is 2.22. The van der Waals surface area contributed by atoms with Crippen molar-refractivity contribution in [3.05, 3.63) is 29.7 Å². The summed E-state index contributed by atoms with van der Waals surface area (Å²) in [5.41, 5.74) is 1.33. The van der Waals surface area contributed by atoms with Gasteiger partial charge in [0.1, 0.15) is 11.5 Å². The number of hydrogen-bond donors (Lipinski definition) is 0. The number of aromatic nitrogens is 1. The van der Waals surface area contributed by atoms with Crippen LogP contribution in [-0.4, -0.2) is 78.1 Å². The van der Waals surface area contributed by atoms with E-state index in [1.165, 1.54) is 0 Å². The largest absolute Gasteiger partial charge is 0.493 e. The van der Waals surface area contributed by atoms with Crippen molar-refractivity contribution in [2.75, 3.05) is 53.2 Å². The monoisotopic (exact) mass is 421 g/mol. The van der Waals surface area contributed by atoms with Crippen LogP contribution in [-0.2, 0) is 21.3 Å². The number of oxazole rings is 1.